The van der Waals surface area contributed by atoms with Gasteiger partial charge in [0, 0.05) is 6.42 Å². The van der Waals surface area contributed by atoms with Crippen LogP contribution in [0.4, 0.5) is 5.82 Å². The van der Waals surface area contributed by atoms with E-state index in [-0.39, 0.29) is 6.10 Å². The molecule has 0 radical (unpaired) electrons. The Morgan fingerprint density at radius 1 is 0.892 bits per heavy atom. The molecule has 2 aromatic rings. The van der Waals surface area contributed by atoms with E-state index in [0.717, 1.165) is 18.3 Å². The van der Waals surface area contributed by atoms with Crippen LogP contribution in [-0.2, 0) is 15.8 Å². The number of rotatable bonds is 24. The Hall–Kier alpha value is -1.24. The molecule has 2 heterocycles. The van der Waals surface area contributed by atoms with Gasteiger partial charge in [0.1, 0.15) is 18.0 Å². The first-order valence-electron chi connectivity index (χ1n) is 14.6. The molecule has 2 rings (SSSR count). The number of hydrogen-bond donors (Lipinski definition) is 1. The summed E-state index contributed by atoms with van der Waals surface area (Å²) in [6, 6.07) is 0. The fourth-order valence-electron chi connectivity index (χ4n) is 4.48. The number of imidazole rings is 1. The molecule has 2 atom stereocenters. The standard InChI is InChI=1S/C28H51N5O2PS/c1-3-4-5-6-7-8-9-10-11-12-13-14-15-16-19-37-20-17-18-36(34)24-35-25(2)21-33-23-32-26-27(29)30-22-31-28(26)33/h22-23,25H,3-21,24H2,1-2H3,(H2,29,30,31)/q+1/t25-/m1/s1. The number of fused-ring (bicyclic) bond motifs is 1. The summed E-state index contributed by atoms with van der Waals surface area (Å²) in [7, 11) is -1.32. The molecule has 1 unspecified atom stereocenters. The van der Waals surface area contributed by atoms with E-state index in [1.165, 1.54) is 102 Å². The van der Waals surface area contributed by atoms with Crippen LogP contribution in [0.3, 0.4) is 0 Å². The second kappa shape index (κ2) is 20.7. The lowest BCUT2D eigenvalue weighted by molar-refractivity contribution is 0.0880. The van der Waals surface area contributed by atoms with Gasteiger partial charge in [-0.2, -0.15) is 11.8 Å². The summed E-state index contributed by atoms with van der Waals surface area (Å²) < 4.78 is 20.1. The topological polar surface area (TPSA) is 95.9 Å². The number of aromatic nitrogens is 4. The summed E-state index contributed by atoms with van der Waals surface area (Å²) in [5.74, 6) is 2.70. The minimum absolute atomic E-state index is 0.0813. The lowest BCUT2D eigenvalue weighted by atomic mass is 10.0. The lowest BCUT2D eigenvalue weighted by Crippen LogP contribution is -2.16. The number of nitrogens with two attached hydrogens (primary N) is 1. The normalized spacial score (nSPS) is 12.9. The molecule has 0 saturated carbocycles. The summed E-state index contributed by atoms with van der Waals surface area (Å²) >= 11 is 2.01. The first-order valence-corrected chi connectivity index (χ1v) is 17.4. The molecular formula is C28H51N5O2PS+. The van der Waals surface area contributed by atoms with Crippen LogP contribution >= 0.6 is 19.6 Å². The zero-order valence-electron chi connectivity index (χ0n) is 23.4. The second-order valence-corrected chi connectivity index (χ2v) is 13.1. The Morgan fingerprint density at radius 2 is 1.49 bits per heavy atom. The van der Waals surface area contributed by atoms with E-state index in [1.807, 2.05) is 23.3 Å². The van der Waals surface area contributed by atoms with E-state index in [2.05, 4.69) is 21.9 Å². The molecule has 0 spiro atoms. The lowest BCUT2D eigenvalue weighted by Gasteiger charge is -2.10. The third-order valence-corrected chi connectivity index (χ3v) is 9.13. The summed E-state index contributed by atoms with van der Waals surface area (Å²) in [5.41, 5.74) is 7.14. The Balaban J connectivity index is 1.35. The summed E-state index contributed by atoms with van der Waals surface area (Å²) in [6.45, 7) is 4.85. The molecule has 0 fully saturated rings. The maximum Gasteiger partial charge on any atom is 0.366 e. The first kappa shape index (κ1) is 32.0. The van der Waals surface area contributed by atoms with Crippen LogP contribution in [0.1, 0.15) is 110 Å². The molecule has 0 aliphatic heterocycles. The van der Waals surface area contributed by atoms with Gasteiger partial charge >= 0.3 is 7.80 Å². The molecule has 0 bridgehead atoms. The van der Waals surface area contributed by atoms with Crippen molar-refractivity contribution in [1.82, 2.24) is 19.5 Å². The molecule has 9 heteroatoms. The molecule has 7 nitrogen and oxygen atoms in total. The van der Waals surface area contributed by atoms with Gasteiger partial charge < -0.3 is 15.0 Å². The zero-order chi connectivity index (χ0) is 26.6. The third kappa shape index (κ3) is 14.5. The third-order valence-electron chi connectivity index (χ3n) is 6.72. The van der Waals surface area contributed by atoms with E-state index in [9.17, 15) is 4.57 Å². The van der Waals surface area contributed by atoms with Gasteiger partial charge in [0.15, 0.2) is 11.5 Å². The number of unbranched alkanes of at least 4 members (excludes halogenated alkanes) is 13. The quantitative estimate of drug-likeness (QED) is 0.104. The van der Waals surface area contributed by atoms with E-state index in [0.29, 0.717) is 29.9 Å². The Bertz CT molecular complexity index is 866. The van der Waals surface area contributed by atoms with Gasteiger partial charge in [0.25, 0.3) is 0 Å². The molecule has 210 valence electrons. The molecule has 37 heavy (non-hydrogen) atoms. The first-order chi connectivity index (χ1) is 18.1. The van der Waals surface area contributed by atoms with Crippen LogP contribution in [-0.4, -0.2) is 49.6 Å². The van der Waals surface area contributed by atoms with Gasteiger partial charge in [-0.1, -0.05) is 95.0 Å². The van der Waals surface area contributed by atoms with Gasteiger partial charge in [-0.25, -0.2) is 15.0 Å². The van der Waals surface area contributed by atoms with Crippen LogP contribution in [0.15, 0.2) is 12.7 Å². The number of nitrogens with zero attached hydrogens (tertiary/aromatic N) is 4. The number of anilines is 1. The van der Waals surface area contributed by atoms with Crippen LogP contribution < -0.4 is 5.73 Å². The molecule has 2 N–H and O–H groups in total. The number of nitrogen functional groups attached to an aromatic ring is 1. The highest BCUT2D eigenvalue weighted by atomic mass is 32.2. The van der Waals surface area contributed by atoms with Gasteiger partial charge in [0.05, 0.1) is 19.0 Å². The molecule has 2 aromatic heterocycles. The Labute approximate surface area is 230 Å². The molecule has 0 amide bonds. The van der Waals surface area contributed by atoms with Gasteiger partial charge in [-0.15, -0.1) is 0 Å². The highest BCUT2D eigenvalue weighted by Gasteiger charge is 2.18. The van der Waals surface area contributed by atoms with E-state index in [4.69, 9.17) is 10.5 Å². The van der Waals surface area contributed by atoms with Crippen LogP contribution in [0, 0.1) is 0 Å². The Kier molecular flexibility index (Phi) is 17.9. The average Bonchev–Trinajstić information content (AvgIpc) is 3.30. The fourth-order valence-corrected chi connectivity index (χ4v) is 6.72. The van der Waals surface area contributed by atoms with Crippen molar-refractivity contribution in [2.24, 2.45) is 0 Å². The maximum absolute atomic E-state index is 12.3. The molecular weight excluding hydrogens is 501 g/mol. The largest absolute Gasteiger partial charge is 0.382 e. The predicted octanol–water partition coefficient (Wildman–Crippen LogP) is 8.20. The van der Waals surface area contributed by atoms with Crippen molar-refractivity contribution in [3.63, 3.8) is 0 Å². The SMILES string of the molecule is CCCCCCCCCCCCCCCCSCCC[P+](=O)CO[C@H](C)Cn1cnc2c(N)ncnc21. The van der Waals surface area contributed by atoms with Crippen LogP contribution in [0.25, 0.3) is 11.2 Å². The molecule has 0 aliphatic rings. The van der Waals surface area contributed by atoms with E-state index in [1.54, 1.807) is 6.33 Å². The van der Waals surface area contributed by atoms with Crippen molar-refractivity contribution in [1.29, 1.82) is 0 Å². The minimum Gasteiger partial charge on any atom is -0.382 e. The van der Waals surface area contributed by atoms with Gasteiger partial charge in [-0.05, 0) is 24.9 Å². The zero-order valence-corrected chi connectivity index (χ0v) is 25.1. The molecule has 0 saturated heterocycles. The minimum atomic E-state index is -1.32. The van der Waals surface area contributed by atoms with E-state index < -0.39 is 7.80 Å². The summed E-state index contributed by atoms with van der Waals surface area (Å²) in [4.78, 5) is 12.5. The van der Waals surface area contributed by atoms with Crippen molar-refractivity contribution in [2.45, 2.75) is 123 Å². The second-order valence-electron chi connectivity index (χ2n) is 10.2. The van der Waals surface area contributed by atoms with Gasteiger partial charge in [0.2, 0.25) is 6.35 Å². The maximum atomic E-state index is 12.3. The highest BCUT2D eigenvalue weighted by molar-refractivity contribution is 7.99. The van der Waals surface area contributed by atoms with Crippen molar-refractivity contribution < 1.29 is 9.30 Å². The van der Waals surface area contributed by atoms with Crippen molar-refractivity contribution in [3.8, 4) is 0 Å². The van der Waals surface area contributed by atoms with Crippen molar-refractivity contribution in [2.75, 3.05) is 29.7 Å². The average molecular weight is 553 g/mol. The smallest absolute Gasteiger partial charge is 0.366 e. The van der Waals surface area contributed by atoms with Crippen LogP contribution in [0.2, 0.25) is 0 Å². The Morgan fingerprint density at radius 3 is 2.14 bits per heavy atom. The number of thioether (sulfide) groups is 1. The van der Waals surface area contributed by atoms with Crippen LogP contribution in [0.5, 0.6) is 0 Å². The highest BCUT2D eigenvalue weighted by Crippen LogP contribution is 2.24. The van der Waals surface area contributed by atoms with Crippen molar-refractivity contribution in [3.05, 3.63) is 12.7 Å². The molecule has 0 aliphatic carbocycles. The van der Waals surface area contributed by atoms with Gasteiger partial charge in [-0.3, -0.25) is 0 Å². The summed E-state index contributed by atoms with van der Waals surface area (Å²) in [6.07, 6.45) is 24.8. The summed E-state index contributed by atoms with van der Waals surface area (Å²) in [5, 5.41) is 0. The van der Waals surface area contributed by atoms with E-state index >= 15 is 0 Å². The monoisotopic (exact) mass is 552 g/mol. The number of hydrogen-bond acceptors (Lipinski definition) is 7. The fraction of sp³-hybridized carbons (Fsp3) is 0.821. The predicted molar refractivity (Wildman–Crippen MR) is 160 cm³/mol. The molecule has 0 aromatic carbocycles. The van der Waals surface area contributed by atoms with Crippen molar-refractivity contribution >= 4 is 36.5 Å². The number of ether oxygens (including phenoxy) is 1.